The Morgan fingerprint density at radius 1 is 1.20 bits per heavy atom. The number of hydrogen-bond acceptors (Lipinski definition) is 4. The number of ether oxygens (including phenoxy) is 1. The summed E-state index contributed by atoms with van der Waals surface area (Å²) < 4.78 is 4.98. The highest BCUT2D eigenvalue weighted by atomic mass is 16.5. The van der Waals surface area contributed by atoms with Crippen LogP contribution in [-0.4, -0.2) is 41.4 Å². The van der Waals surface area contributed by atoms with E-state index in [9.17, 15) is 14.4 Å². The zero-order chi connectivity index (χ0) is 14.9. The summed E-state index contributed by atoms with van der Waals surface area (Å²) >= 11 is 0. The largest absolute Gasteiger partial charge is 0.499 e. The van der Waals surface area contributed by atoms with E-state index < -0.39 is 17.8 Å². The highest BCUT2D eigenvalue weighted by Crippen LogP contribution is 2.23. The van der Waals surface area contributed by atoms with E-state index in [2.05, 4.69) is 0 Å². The van der Waals surface area contributed by atoms with Crippen LogP contribution in [0.15, 0.2) is 35.6 Å². The molecule has 1 aromatic carbocycles. The molecule has 2 amide bonds. The van der Waals surface area contributed by atoms with Gasteiger partial charge in [-0.05, 0) is 19.1 Å². The second-order valence-electron chi connectivity index (χ2n) is 4.30. The maximum absolute atomic E-state index is 12.1. The van der Waals surface area contributed by atoms with Gasteiger partial charge < -0.3 is 9.84 Å². The van der Waals surface area contributed by atoms with E-state index in [1.807, 2.05) is 0 Å². The molecule has 2 rings (SSSR count). The Hall–Kier alpha value is -2.63. The lowest BCUT2D eigenvalue weighted by molar-refractivity contribution is -0.132. The van der Waals surface area contributed by atoms with Gasteiger partial charge in [0.15, 0.2) is 0 Å². The molecule has 0 saturated carbocycles. The molecular weight excluding hydrogens is 262 g/mol. The SMILES string of the molecule is COC(CN1C(=O)c2ccccc2C1=O)=C(C)C(=O)O. The van der Waals surface area contributed by atoms with Crippen LogP contribution in [0.2, 0.25) is 0 Å². The molecule has 0 bridgehead atoms. The second-order valence-corrected chi connectivity index (χ2v) is 4.30. The van der Waals surface area contributed by atoms with Crippen molar-refractivity contribution in [2.24, 2.45) is 0 Å². The van der Waals surface area contributed by atoms with Crippen molar-refractivity contribution < 1.29 is 24.2 Å². The fourth-order valence-electron chi connectivity index (χ4n) is 1.98. The fraction of sp³-hybridized carbons (Fsp3) is 0.214. The van der Waals surface area contributed by atoms with Crippen molar-refractivity contribution in [3.63, 3.8) is 0 Å². The summed E-state index contributed by atoms with van der Waals surface area (Å²) in [6, 6.07) is 6.47. The number of carboxylic acids is 1. The van der Waals surface area contributed by atoms with Crippen LogP contribution in [0.3, 0.4) is 0 Å². The summed E-state index contributed by atoms with van der Waals surface area (Å²) in [5, 5.41) is 8.94. The number of methoxy groups -OCH3 is 1. The summed E-state index contributed by atoms with van der Waals surface area (Å²) in [5.41, 5.74) is 0.603. The number of amides is 2. The predicted octanol–water partition coefficient (Wildman–Crippen LogP) is 1.29. The molecule has 6 nitrogen and oxygen atoms in total. The number of rotatable bonds is 4. The molecule has 0 spiro atoms. The van der Waals surface area contributed by atoms with Crippen molar-refractivity contribution in [3.8, 4) is 0 Å². The van der Waals surface area contributed by atoms with Gasteiger partial charge in [-0.25, -0.2) is 4.79 Å². The van der Waals surface area contributed by atoms with E-state index >= 15 is 0 Å². The highest BCUT2D eigenvalue weighted by Gasteiger charge is 2.36. The average Bonchev–Trinajstić information content (AvgIpc) is 2.68. The molecule has 0 unspecified atom stereocenters. The maximum Gasteiger partial charge on any atom is 0.334 e. The van der Waals surface area contributed by atoms with E-state index in [0.717, 1.165) is 4.90 Å². The van der Waals surface area contributed by atoms with Crippen molar-refractivity contribution in [1.29, 1.82) is 0 Å². The lowest BCUT2D eigenvalue weighted by Gasteiger charge is -2.16. The number of nitrogens with zero attached hydrogens (tertiary/aromatic N) is 1. The number of hydrogen-bond donors (Lipinski definition) is 1. The van der Waals surface area contributed by atoms with E-state index in [1.54, 1.807) is 24.3 Å². The normalized spacial score (nSPS) is 15.0. The number of imide groups is 1. The molecule has 1 aliphatic rings. The van der Waals surface area contributed by atoms with E-state index in [-0.39, 0.29) is 17.9 Å². The summed E-state index contributed by atoms with van der Waals surface area (Å²) in [5.74, 6) is -1.97. The summed E-state index contributed by atoms with van der Waals surface area (Å²) in [6.07, 6.45) is 0. The van der Waals surface area contributed by atoms with Gasteiger partial charge in [-0.1, -0.05) is 12.1 Å². The number of fused-ring (bicyclic) bond motifs is 1. The first-order chi connectivity index (χ1) is 9.47. The van der Waals surface area contributed by atoms with E-state index in [4.69, 9.17) is 9.84 Å². The van der Waals surface area contributed by atoms with Crippen molar-refractivity contribution in [1.82, 2.24) is 4.90 Å². The topological polar surface area (TPSA) is 83.9 Å². The lowest BCUT2D eigenvalue weighted by Crippen LogP contribution is -2.32. The molecule has 1 aromatic rings. The first-order valence-electron chi connectivity index (χ1n) is 5.89. The number of carbonyl (C=O) groups is 3. The third-order valence-electron chi connectivity index (χ3n) is 3.17. The van der Waals surface area contributed by atoms with Gasteiger partial charge in [0, 0.05) is 0 Å². The van der Waals surface area contributed by atoms with Crippen molar-refractivity contribution >= 4 is 17.8 Å². The number of carboxylic acid groups (broad SMARTS) is 1. The average molecular weight is 275 g/mol. The molecule has 1 N–H and O–H groups in total. The van der Waals surface area contributed by atoms with Gasteiger partial charge in [-0.2, -0.15) is 0 Å². The van der Waals surface area contributed by atoms with Crippen LogP contribution < -0.4 is 0 Å². The molecule has 104 valence electrons. The van der Waals surface area contributed by atoms with Crippen LogP contribution in [0, 0.1) is 0 Å². The molecule has 0 aliphatic carbocycles. The molecule has 0 radical (unpaired) electrons. The first-order valence-corrected chi connectivity index (χ1v) is 5.89. The Bertz CT molecular complexity index is 597. The highest BCUT2D eigenvalue weighted by molar-refractivity contribution is 6.21. The molecule has 20 heavy (non-hydrogen) atoms. The summed E-state index contributed by atoms with van der Waals surface area (Å²) in [4.78, 5) is 36.2. The standard InChI is InChI=1S/C14H13NO5/c1-8(14(18)19)11(20-2)7-15-12(16)9-5-3-4-6-10(9)13(15)17/h3-6H,7H2,1-2H3,(H,18,19). The van der Waals surface area contributed by atoms with Crippen LogP contribution >= 0.6 is 0 Å². The van der Waals surface area contributed by atoms with Crippen LogP contribution in [0.1, 0.15) is 27.6 Å². The van der Waals surface area contributed by atoms with Gasteiger partial charge in [-0.15, -0.1) is 0 Å². The fourth-order valence-corrected chi connectivity index (χ4v) is 1.98. The van der Waals surface area contributed by atoms with E-state index in [0.29, 0.717) is 11.1 Å². The quantitative estimate of drug-likeness (QED) is 0.508. The van der Waals surface area contributed by atoms with Gasteiger partial charge in [0.05, 0.1) is 30.4 Å². The number of benzene rings is 1. The van der Waals surface area contributed by atoms with Crippen LogP contribution in [0.4, 0.5) is 0 Å². The molecule has 1 aliphatic heterocycles. The van der Waals surface area contributed by atoms with Gasteiger partial charge >= 0.3 is 5.97 Å². The minimum absolute atomic E-state index is 0.0379. The summed E-state index contributed by atoms with van der Waals surface area (Å²) in [7, 11) is 1.31. The minimum Gasteiger partial charge on any atom is -0.499 e. The Balaban J connectivity index is 2.33. The molecule has 6 heteroatoms. The van der Waals surface area contributed by atoms with Crippen molar-refractivity contribution in [2.45, 2.75) is 6.92 Å². The monoisotopic (exact) mass is 275 g/mol. The Kier molecular flexibility index (Phi) is 3.56. The lowest BCUT2D eigenvalue weighted by atomic mass is 10.1. The smallest absolute Gasteiger partial charge is 0.334 e. The minimum atomic E-state index is -1.15. The van der Waals surface area contributed by atoms with Crippen LogP contribution in [-0.2, 0) is 9.53 Å². The second kappa shape index (κ2) is 5.16. The number of aliphatic carboxylic acids is 1. The molecule has 1 heterocycles. The maximum atomic E-state index is 12.1. The van der Waals surface area contributed by atoms with Gasteiger partial charge in [0.25, 0.3) is 11.8 Å². The zero-order valence-electron chi connectivity index (χ0n) is 11.0. The van der Waals surface area contributed by atoms with E-state index in [1.165, 1.54) is 14.0 Å². The summed E-state index contributed by atoms with van der Waals surface area (Å²) in [6.45, 7) is 1.17. The molecule has 0 saturated heterocycles. The van der Waals surface area contributed by atoms with Gasteiger partial charge in [-0.3, -0.25) is 14.5 Å². The van der Waals surface area contributed by atoms with Crippen LogP contribution in [0.5, 0.6) is 0 Å². The number of carbonyl (C=O) groups excluding carboxylic acids is 2. The Morgan fingerprint density at radius 3 is 2.10 bits per heavy atom. The third kappa shape index (κ3) is 2.16. The first kappa shape index (κ1) is 13.8. The Labute approximate surface area is 115 Å². The van der Waals surface area contributed by atoms with Crippen molar-refractivity contribution in [2.75, 3.05) is 13.7 Å². The molecule has 0 fully saturated rings. The molecule has 0 aromatic heterocycles. The predicted molar refractivity (Wildman–Crippen MR) is 69.2 cm³/mol. The Morgan fingerprint density at radius 2 is 1.70 bits per heavy atom. The van der Waals surface area contributed by atoms with Crippen LogP contribution in [0.25, 0.3) is 0 Å². The third-order valence-corrected chi connectivity index (χ3v) is 3.17. The van der Waals surface area contributed by atoms with Gasteiger partial charge in [0.2, 0.25) is 0 Å². The molecule has 0 atom stereocenters. The van der Waals surface area contributed by atoms with Crippen molar-refractivity contribution in [3.05, 3.63) is 46.7 Å². The molecular formula is C14H13NO5. The zero-order valence-corrected chi connectivity index (χ0v) is 11.0. The van der Waals surface area contributed by atoms with Gasteiger partial charge in [0.1, 0.15) is 5.76 Å².